The van der Waals surface area contributed by atoms with Crippen LogP contribution in [0.4, 0.5) is 5.69 Å². The van der Waals surface area contributed by atoms with Crippen molar-refractivity contribution in [2.45, 2.75) is 30.6 Å². The smallest absolute Gasteiger partial charge is 0.255 e. The lowest BCUT2D eigenvalue weighted by atomic mass is 10.2. The number of anilines is 1. The summed E-state index contributed by atoms with van der Waals surface area (Å²) < 4.78 is 32.9. The molecule has 2 aromatic rings. The summed E-state index contributed by atoms with van der Waals surface area (Å²) in [7, 11) is -2.21. The van der Waals surface area contributed by atoms with Crippen LogP contribution in [0.25, 0.3) is 0 Å². The van der Waals surface area contributed by atoms with Crippen molar-refractivity contribution >= 4 is 44.8 Å². The second-order valence-corrected chi connectivity index (χ2v) is 9.52. The summed E-state index contributed by atoms with van der Waals surface area (Å²) in [6.45, 7) is 0.999. The number of sulfonamides is 1. The third kappa shape index (κ3) is 5.04. The van der Waals surface area contributed by atoms with Gasteiger partial charge in [-0.2, -0.15) is 4.31 Å². The molecule has 1 aliphatic rings. The average Bonchev–Trinajstić information content (AvgIpc) is 3.00. The van der Waals surface area contributed by atoms with Crippen LogP contribution in [0.5, 0.6) is 5.75 Å². The molecule has 0 bridgehead atoms. The van der Waals surface area contributed by atoms with E-state index in [1.807, 2.05) is 0 Å². The van der Waals surface area contributed by atoms with Crippen LogP contribution in [0, 0.1) is 0 Å². The van der Waals surface area contributed by atoms with Crippen molar-refractivity contribution in [2.24, 2.45) is 0 Å². The fourth-order valence-electron chi connectivity index (χ4n) is 3.21. The summed E-state index contributed by atoms with van der Waals surface area (Å²) in [6.07, 6.45) is 3.74. The summed E-state index contributed by atoms with van der Waals surface area (Å²) in [5.74, 6) is -0.0978. The molecule has 6 nitrogen and oxygen atoms in total. The summed E-state index contributed by atoms with van der Waals surface area (Å²) in [4.78, 5) is 12.7. The van der Waals surface area contributed by atoms with Crippen molar-refractivity contribution in [1.29, 1.82) is 0 Å². The number of nitrogens with zero attached hydrogens (tertiary/aromatic N) is 1. The number of carbonyl (C=O) groups is 1. The third-order valence-corrected chi connectivity index (χ3v) is 7.44. The largest absolute Gasteiger partial charge is 0.495 e. The summed E-state index contributed by atoms with van der Waals surface area (Å²) >= 11 is 11.9. The van der Waals surface area contributed by atoms with Crippen LogP contribution in [-0.4, -0.2) is 38.8 Å². The number of amides is 1. The van der Waals surface area contributed by atoms with Gasteiger partial charge in [0.15, 0.2) is 0 Å². The Morgan fingerprint density at radius 1 is 1.00 bits per heavy atom. The highest BCUT2D eigenvalue weighted by molar-refractivity contribution is 7.89. The standard InChI is InChI=1S/C20H22Cl2N2O4S/c1-28-19-9-7-15(29(26,27)24-10-4-2-3-5-11-24)13-18(19)23-20(25)14-6-8-16(21)17(22)12-14/h6-9,12-13H,2-5,10-11H2,1H3,(H,23,25). The second-order valence-electron chi connectivity index (χ2n) is 6.76. The van der Waals surface area contributed by atoms with Gasteiger partial charge in [0, 0.05) is 18.7 Å². The molecule has 0 unspecified atom stereocenters. The van der Waals surface area contributed by atoms with Gasteiger partial charge in [-0.15, -0.1) is 0 Å². The van der Waals surface area contributed by atoms with Gasteiger partial charge in [-0.1, -0.05) is 36.0 Å². The fourth-order valence-corrected chi connectivity index (χ4v) is 5.05. The fraction of sp³-hybridized carbons (Fsp3) is 0.350. The molecule has 29 heavy (non-hydrogen) atoms. The van der Waals surface area contributed by atoms with Crippen molar-refractivity contribution in [3.63, 3.8) is 0 Å². The molecule has 1 fully saturated rings. The molecule has 1 saturated heterocycles. The molecule has 0 aromatic heterocycles. The van der Waals surface area contributed by atoms with E-state index >= 15 is 0 Å². The molecule has 1 aliphatic heterocycles. The monoisotopic (exact) mass is 456 g/mol. The number of methoxy groups -OCH3 is 1. The summed E-state index contributed by atoms with van der Waals surface area (Å²) in [6, 6.07) is 8.96. The lowest BCUT2D eigenvalue weighted by molar-refractivity contribution is 0.102. The van der Waals surface area contributed by atoms with Crippen molar-refractivity contribution in [2.75, 3.05) is 25.5 Å². The van der Waals surface area contributed by atoms with E-state index in [-0.39, 0.29) is 15.6 Å². The number of ether oxygens (including phenoxy) is 1. The van der Waals surface area contributed by atoms with Gasteiger partial charge < -0.3 is 10.1 Å². The highest BCUT2D eigenvalue weighted by Crippen LogP contribution is 2.31. The Morgan fingerprint density at radius 2 is 1.69 bits per heavy atom. The first kappa shape index (κ1) is 21.9. The number of nitrogens with one attached hydrogen (secondary N) is 1. The third-order valence-electron chi connectivity index (χ3n) is 4.80. The summed E-state index contributed by atoms with van der Waals surface area (Å²) in [5, 5.41) is 3.30. The van der Waals surface area contributed by atoms with Gasteiger partial charge in [0.2, 0.25) is 10.0 Å². The Bertz CT molecular complexity index is 1000. The number of benzene rings is 2. The topological polar surface area (TPSA) is 75.7 Å². The molecule has 0 saturated carbocycles. The average molecular weight is 457 g/mol. The molecule has 9 heteroatoms. The van der Waals surface area contributed by atoms with Crippen molar-refractivity contribution in [1.82, 2.24) is 4.31 Å². The van der Waals surface area contributed by atoms with Gasteiger partial charge in [0.25, 0.3) is 5.91 Å². The van der Waals surface area contributed by atoms with Gasteiger partial charge in [-0.3, -0.25) is 4.79 Å². The van der Waals surface area contributed by atoms with Crippen molar-refractivity contribution < 1.29 is 17.9 Å². The van der Waals surface area contributed by atoms with E-state index in [2.05, 4.69) is 5.32 Å². The van der Waals surface area contributed by atoms with E-state index in [0.29, 0.717) is 29.4 Å². The quantitative estimate of drug-likeness (QED) is 0.699. The molecular formula is C20H22Cl2N2O4S. The zero-order chi connectivity index (χ0) is 21.0. The first-order chi connectivity index (χ1) is 13.8. The predicted octanol–water partition coefficient (Wildman–Crippen LogP) is 4.82. The molecule has 156 valence electrons. The Labute approximate surface area is 180 Å². The molecule has 0 radical (unpaired) electrons. The summed E-state index contributed by atoms with van der Waals surface area (Å²) in [5.41, 5.74) is 0.557. The highest BCUT2D eigenvalue weighted by Gasteiger charge is 2.26. The SMILES string of the molecule is COc1ccc(S(=O)(=O)N2CCCCCC2)cc1NC(=O)c1ccc(Cl)c(Cl)c1. The highest BCUT2D eigenvalue weighted by atomic mass is 35.5. The van der Waals surface area contributed by atoms with Gasteiger partial charge in [-0.05, 0) is 49.2 Å². The Hall–Kier alpha value is -1.80. The zero-order valence-corrected chi connectivity index (χ0v) is 18.3. The van der Waals surface area contributed by atoms with Crippen LogP contribution < -0.4 is 10.1 Å². The minimum absolute atomic E-state index is 0.115. The van der Waals surface area contributed by atoms with Crippen molar-refractivity contribution in [3.8, 4) is 5.75 Å². The van der Waals surface area contributed by atoms with E-state index in [4.69, 9.17) is 27.9 Å². The number of hydrogen-bond acceptors (Lipinski definition) is 4. The van der Waals surface area contributed by atoms with Crippen LogP contribution in [0.15, 0.2) is 41.3 Å². The predicted molar refractivity (Wildman–Crippen MR) is 115 cm³/mol. The number of hydrogen-bond donors (Lipinski definition) is 1. The van der Waals surface area contributed by atoms with Crippen LogP contribution >= 0.6 is 23.2 Å². The van der Waals surface area contributed by atoms with Crippen LogP contribution in [0.2, 0.25) is 10.0 Å². The number of carbonyl (C=O) groups excluding carboxylic acids is 1. The number of rotatable bonds is 5. The maximum absolute atomic E-state index is 13.1. The molecule has 0 spiro atoms. The van der Waals surface area contributed by atoms with Crippen molar-refractivity contribution in [3.05, 3.63) is 52.0 Å². The number of halogens is 2. The lowest BCUT2D eigenvalue weighted by Gasteiger charge is -2.21. The molecule has 0 aliphatic carbocycles. The maximum atomic E-state index is 13.1. The van der Waals surface area contributed by atoms with Gasteiger partial charge in [-0.25, -0.2) is 8.42 Å². The van der Waals surface area contributed by atoms with E-state index in [1.54, 1.807) is 0 Å². The van der Waals surface area contributed by atoms with Gasteiger partial charge in [0.05, 0.1) is 27.7 Å². The van der Waals surface area contributed by atoms with Crippen LogP contribution in [0.1, 0.15) is 36.0 Å². The Kier molecular flexibility index (Phi) is 7.05. The zero-order valence-electron chi connectivity index (χ0n) is 16.0. The normalized spacial score (nSPS) is 15.6. The molecule has 2 aromatic carbocycles. The van der Waals surface area contributed by atoms with Crippen LogP contribution in [-0.2, 0) is 10.0 Å². The van der Waals surface area contributed by atoms with E-state index < -0.39 is 15.9 Å². The molecule has 1 amide bonds. The van der Waals surface area contributed by atoms with E-state index in [1.165, 1.54) is 47.8 Å². The minimum Gasteiger partial charge on any atom is -0.495 e. The lowest BCUT2D eigenvalue weighted by Crippen LogP contribution is -2.32. The Morgan fingerprint density at radius 3 is 2.31 bits per heavy atom. The van der Waals surface area contributed by atoms with Gasteiger partial charge in [0.1, 0.15) is 5.75 Å². The van der Waals surface area contributed by atoms with Crippen LogP contribution in [0.3, 0.4) is 0 Å². The molecule has 0 atom stereocenters. The molecule has 3 rings (SSSR count). The first-order valence-corrected chi connectivity index (χ1v) is 11.5. The van der Waals surface area contributed by atoms with Gasteiger partial charge >= 0.3 is 0 Å². The minimum atomic E-state index is -3.66. The second kappa shape index (κ2) is 9.34. The van der Waals surface area contributed by atoms with E-state index in [0.717, 1.165) is 25.7 Å². The van der Waals surface area contributed by atoms with E-state index in [9.17, 15) is 13.2 Å². The Balaban J connectivity index is 1.90. The first-order valence-electron chi connectivity index (χ1n) is 9.27. The molecule has 1 heterocycles. The molecular weight excluding hydrogens is 435 g/mol. The maximum Gasteiger partial charge on any atom is 0.255 e. The molecule has 1 N–H and O–H groups in total.